The number of halogens is 1. The summed E-state index contributed by atoms with van der Waals surface area (Å²) in [4.78, 5) is 6.55. The molecule has 1 heterocycles. The number of rotatable bonds is 1. The van der Waals surface area contributed by atoms with Gasteiger partial charge < -0.3 is 0 Å². The van der Waals surface area contributed by atoms with Gasteiger partial charge in [-0.05, 0) is 12.5 Å². The fourth-order valence-corrected chi connectivity index (χ4v) is 0.864. The molecular formula is C5H5FN2O2S. The summed E-state index contributed by atoms with van der Waals surface area (Å²) >= 11 is 0. The number of hydrogen-bond donors (Lipinski definition) is 0. The smallest absolute Gasteiger partial charge is 0.224 e. The molecule has 11 heavy (non-hydrogen) atoms. The molecule has 4 nitrogen and oxygen atoms in total. The summed E-state index contributed by atoms with van der Waals surface area (Å²) in [5, 5.41) is -0.789. The minimum absolute atomic E-state index is 0.678. The lowest BCUT2D eigenvalue weighted by atomic mass is 10.4. The van der Waals surface area contributed by atoms with Crippen molar-refractivity contribution in [1.29, 1.82) is 0 Å². The van der Waals surface area contributed by atoms with Gasteiger partial charge in [-0.2, -0.15) is 8.42 Å². The second-order valence-corrected chi connectivity index (χ2v) is 3.22. The summed E-state index contributed by atoms with van der Waals surface area (Å²) in [6.07, 6.45) is 2.47. The average Bonchev–Trinajstić information content (AvgIpc) is 1.86. The predicted molar refractivity (Wildman–Crippen MR) is 35.1 cm³/mol. The van der Waals surface area contributed by atoms with Gasteiger partial charge in [0.2, 0.25) is 0 Å². The number of aryl methyl sites for hydroxylation is 1. The molecule has 0 radical (unpaired) electrons. The molecule has 1 aromatic rings. The second-order valence-electron chi connectivity index (χ2n) is 1.98. The van der Waals surface area contributed by atoms with E-state index in [0.717, 1.165) is 0 Å². The maximum Gasteiger partial charge on any atom is 0.368 e. The Morgan fingerprint density at radius 1 is 1.36 bits per heavy atom. The van der Waals surface area contributed by atoms with E-state index in [4.69, 9.17) is 0 Å². The van der Waals surface area contributed by atoms with E-state index in [1.165, 1.54) is 12.4 Å². The zero-order valence-electron chi connectivity index (χ0n) is 5.65. The SMILES string of the molecule is Cc1cnc(S(=O)(=O)F)nc1. The third kappa shape index (κ3) is 1.94. The van der Waals surface area contributed by atoms with E-state index in [0.29, 0.717) is 5.56 Å². The van der Waals surface area contributed by atoms with Gasteiger partial charge in [-0.3, -0.25) is 0 Å². The Hall–Kier alpha value is -1.04. The van der Waals surface area contributed by atoms with Gasteiger partial charge in [-0.1, -0.05) is 3.89 Å². The van der Waals surface area contributed by atoms with Crippen LogP contribution in [0.5, 0.6) is 0 Å². The lowest BCUT2D eigenvalue weighted by Crippen LogP contribution is -1.99. The summed E-state index contributed by atoms with van der Waals surface area (Å²) in [5.41, 5.74) is 0.678. The molecule has 0 aliphatic carbocycles. The van der Waals surface area contributed by atoms with Gasteiger partial charge in [0.05, 0.1) is 0 Å². The molecule has 0 atom stereocenters. The maximum absolute atomic E-state index is 12.1. The van der Waals surface area contributed by atoms with Crippen molar-refractivity contribution in [2.45, 2.75) is 12.1 Å². The molecule has 0 aromatic carbocycles. The van der Waals surface area contributed by atoms with Crippen LogP contribution in [0, 0.1) is 6.92 Å². The standard InChI is InChI=1S/C5H5FN2O2S/c1-4-2-7-5(8-3-4)11(6,9)10/h2-3H,1H3. The fourth-order valence-electron chi connectivity index (χ4n) is 0.507. The van der Waals surface area contributed by atoms with Crippen molar-refractivity contribution in [1.82, 2.24) is 9.97 Å². The van der Waals surface area contributed by atoms with Crippen molar-refractivity contribution in [3.05, 3.63) is 18.0 Å². The molecule has 0 fully saturated rings. The van der Waals surface area contributed by atoms with Crippen LogP contribution in [-0.2, 0) is 10.2 Å². The van der Waals surface area contributed by atoms with Gasteiger partial charge in [-0.15, -0.1) is 0 Å². The first kappa shape index (κ1) is 8.06. The van der Waals surface area contributed by atoms with Crippen molar-refractivity contribution in [2.24, 2.45) is 0 Å². The summed E-state index contributed by atoms with van der Waals surface area (Å²) in [6, 6.07) is 0. The minimum Gasteiger partial charge on any atom is -0.224 e. The van der Waals surface area contributed by atoms with Gasteiger partial charge in [0, 0.05) is 12.4 Å². The average molecular weight is 176 g/mol. The lowest BCUT2D eigenvalue weighted by Gasteiger charge is -1.91. The van der Waals surface area contributed by atoms with Crippen LogP contribution in [0.3, 0.4) is 0 Å². The van der Waals surface area contributed by atoms with Crippen LogP contribution in [0.25, 0.3) is 0 Å². The molecule has 1 aromatic heterocycles. The zero-order chi connectivity index (χ0) is 8.48. The van der Waals surface area contributed by atoms with Crippen LogP contribution in [0.15, 0.2) is 17.6 Å². The fraction of sp³-hybridized carbons (Fsp3) is 0.200. The Labute approximate surface area is 63.3 Å². The number of aromatic nitrogens is 2. The van der Waals surface area contributed by atoms with Crippen LogP contribution in [-0.4, -0.2) is 18.4 Å². The van der Waals surface area contributed by atoms with Crippen LogP contribution in [0.4, 0.5) is 3.89 Å². The van der Waals surface area contributed by atoms with Crippen molar-refractivity contribution in [3.63, 3.8) is 0 Å². The lowest BCUT2D eigenvalue weighted by molar-refractivity contribution is 0.541. The third-order valence-electron chi connectivity index (χ3n) is 0.975. The first-order valence-electron chi connectivity index (χ1n) is 2.73. The monoisotopic (exact) mass is 176 g/mol. The van der Waals surface area contributed by atoms with Crippen LogP contribution < -0.4 is 0 Å². The Kier molecular flexibility index (Phi) is 1.86. The van der Waals surface area contributed by atoms with Crippen molar-refractivity contribution >= 4 is 10.2 Å². The summed E-state index contributed by atoms with van der Waals surface area (Å²) in [6.45, 7) is 1.68. The van der Waals surface area contributed by atoms with E-state index < -0.39 is 15.4 Å². The molecule has 0 aliphatic rings. The molecule has 0 spiro atoms. The van der Waals surface area contributed by atoms with Gasteiger partial charge in [0.25, 0.3) is 5.16 Å². The molecule has 0 saturated heterocycles. The Morgan fingerprint density at radius 2 is 1.82 bits per heavy atom. The van der Waals surface area contributed by atoms with Crippen LogP contribution in [0.1, 0.15) is 5.56 Å². The van der Waals surface area contributed by atoms with E-state index in [1.807, 2.05) is 0 Å². The molecule has 1 rings (SSSR count). The largest absolute Gasteiger partial charge is 0.368 e. The number of hydrogen-bond acceptors (Lipinski definition) is 4. The second kappa shape index (κ2) is 2.54. The summed E-state index contributed by atoms with van der Waals surface area (Å²) in [7, 11) is -4.74. The van der Waals surface area contributed by atoms with E-state index >= 15 is 0 Å². The summed E-state index contributed by atoms with van der Waals surface area (Å²) < 4.78 is 32.4. The predicted octanol–water partition coefficient (Wildman–Crippen LogP) is 0.443. The van der Waals surface area contributed by atoms with E-state index in [-0.39, 0.29) is 0 Å². The first-order valence-corrected chi connectivity index (χ1v) is 4.12. The van der Waals surface area contributed by atoms with Gasteiger partial charge in [0.15, 0.2) is 0 Å². The van der Waals surface area contributed by atoms with E-state index in [2.05, 4.69) is 9.97 Å². The normalized spacial score (nSPS) is 11.5. The van der Waals surface area contributed by atoms with Gasteiger partial charge in [0.1, 0.15) is 0 Å². The molecule has 0 bridgehead atoms. The minimum atomic E-state index is -4.74. The highest BCUT2D eigenvalue weighted by Gasteiger charge is 2.14. The summed E-state index contributed by atoms with van der Waals surface area (Å²) in [5.74, 6) is 0. The van der Waals surface area contributed by atoms with Crippen LogP contribution >= 0.6 is 0 Å². The van der Waals surface area contributed by atoms with Gasteiger partial charge in [-0.25, -0.2) is 9.97 Å². The quantitative estimate of drug-likeness (QED) is 0.460. The molecule has 0 N–H and O–H groups in total. The molecular weight excluding hydrogens is 171 g/mol. The molecule has 6 heteroatoms. The highest BCUT2D eigenvalue weighted by Crippen LogP contribution is 2.03. The molecule has 0 saturated carbocycles. The molecule has 0 aliphatic heterocycles. The molecule has 0 amide bonds. The van der Waals surface area contributed by atoms with E-state index in [1.54, 1.807) is 6.92 Å². The van der Waals surface area contributed by atoms with Crippen molar-refractivity contribution in [2.75, 3.05) is 0 Å². The number of nitrogens with zero attached hydrogens (tertiary/aromatic N) is 2. The molecule has 0 unspecified atom stereocenters. The van der Waals surface area contributed by atoms with Crippen LogP contribution in [0.2, 0.25) is 0 Å². The van der Waals surface area contributed by atoms with Crippen molar-refractivity contribution in [3.8, 4) is 0 Å². The highest BCUT2D eigenvalue weighted by atomic mass is 32.3. The van der Waals surface area contributed by atoms with Gasteiger partial charge >= 0.3 is 10.2 Å². The highest BCUT2D eigenvalue weighted by molar-refractivity contribution is 7.86. The topological polar surface area (TPSA) is 59.9 Å². The zero-order valence-corrected chi connectivity index (χ0v) is 6.47. The molecule has 60 valence electrons. The van der Waals surface area contributed by atoms with E-state index in [9.17, 15) is 12.3 Å². The maximum atomic E-state index is 12.1. The Morgan fingerprint density at radius 3 is 2.18 bits per heavy atom. The Bertz CT molecular complexity index is 345. The van der Waals surface area contributed by atoms with Crippen molar-refractivity contribution < 1.29 is 12.3 Å². The Balaban J connectivity index is 3.20. The first-order chi connectivity index (χ1) is 5.00. The third-order valence-corrected chi connectivity index (χ3v) is 1.62.